The van der Waals surface area contributed by atoms with Gasteiger partial charge in [0.1, 0.15) is 6.17 Å². The molecule has 2 saturated carbocycles. The van der Waals surface area contributed by atoms with Crippen LogP contribution in [0.15, 0.2) is 30.6 Å². The first kappa shape index (κ1) is 44.9. The summed E-state index contributed by atoms with van der Waals surface area (Å²) in [5.41, 5.74) is 8.72. The van der Waals surface area contributed by atoms with Crippen LogP contribution in [0.3, 0.4) is 0 Å². The highest BCUT2D eigenvalue weighted by Crippen LogP contribution is 2.42. The topological polar surface area (TPSA) is 225 Å². The van der Waals surface area contributed by atoms with E-state index in [0.717, 1.165) is 25.7 Å². The molecule has 0 radical (unpaired) electrons. The highest BCUT2D eigenvalue weighted by molar-refractivity contribution is 6.36. The number of carbonyl (C=O) groups is 4. The number of nitrogens with two attached hydrogens (primary N) is 1. The molecule has 56 heavy (non-hydrogen) atoms. The summed E-state index contributed by atoms with van der Waals surface area (Å²) in [7, 11) is 0. The lowest BCUT2D eigenvalue weighted by molar-refractivity contribution is -0.193. The van der Waals surface area contributed by atoms with E-state index in [-0.39, 0.29) is 29.4 Å². The third-order valence-corrected chi connectivity index (χ3v) is 8.05. The Morgan fingerprint density at radius 3 is 1.86 bits per heavy atom. The number of alkyl halides is 10. The molecule has 2 aliphatic rings. The van der Waals surface area contributed by atoms with E-state index < -0.39 is 54.3 Å². The molecule has 2 atom stereocenters. The third-order valence-electron chi connectivity index (χ3n) is 7.69. The van der Waals surface area contributed by atoms with Crippen LogP contribution in [0, 0.1) is 11.7 Å². The van der Waals surface area contributed by atoms with Gasteiger partial charge >= 0.3 is 36.4 Å². The summed E-state index contributed by atoms with van der Waals surface area (Å²) < 4.78 is 126. The number of anilines is 2. The number of hydrogen-bond acceptors (Lipinski definition) is 8. The zero-order valence-corrected chi connectivity index (χ0v) is 28.4. The van der Waals surface area contributed by atoms with Crippen molar-refractivity contribution in [1.29, 1.82) is 0 Å². The molecule has 3 aromatic heterocycles. The Morgan fingerprint density at radius 2 is 1.39 bits per heavy atom. The monoisotopic (exact) mass is 841 g/mol. The van der Waals surface area contributed by atoms with Crippen molar-refractivity contribution >= 4 is 63.3 Å². The Kier molecular flexibility index (Phi) is 14.1. The molecule has 0 saturated heterocycles. The number of rotatable bonds is 5. The van der Waals surface area contributed by atoms with E-state index in [0.29, 0.717) is 39.1 Å². The number of hydrogen-bond donors (Lipinski definition) is 7. The van der Waals surface area contributed by atoms with Crippen LogP contribution in [-0.4, -0.2) is 95.7 Å². The van der Waals surface area contributed by atoms with Crippen LogP contribution in [0.4, 0.5) is 59.8 Å². The first-order valence-corrected chi connectivity index (χ1v) is 15.8. The summed E-state index contributed by atoms with van der Waals surface area (Å²) in [6.45, 7) is 0. The molecule has 8 N–H and O–H groups in total. The van der Waals surface area contributed by atoms with Crippen molar-refractivity contribution in [2.24, 2.45) is 11.7 Å². The smallest absolute Gasteiger partial charge is 0.475 e. The van der Waals surface area contributed by atoms with Gasteiger partial charge in [-0.1, -0.05) is 11.6 Å². The van der Waals surface area contributed by atoms with E-state index in [9.17, 15) is 48.7 Å². The Hall–Kier alpha value is -5.46. The van der Waals surface area contributed by atoms with Crippen molar-refractivity contribution < 1.29 is 82.8 Å². The Balaban J connectivity index is 0.000000329. The summed E-state index contributed by atoms with van der Waals surface area (Å²) in [4.78, 5) is 38.7. The van der Waals surface area contributed by atoms with Crippen molar-refractivity contribution in [3.63, 3.8) is 0 Å². The number of aromatic amines is 1. The Bertz CT molecular complexity index is 2000. The number of carboxylic acids is 3. The molecule has 4 aromatic rings. The second-order valence-electron chi connectivity index (χ2n) is 11.9. The standard InChI is InChI=1S/C24H24ClF2N7O.3C2HF3O2/c25-20-19(11-5-6-34-14(7-11)8-18(33-34)31-24(35)15-9-17(15)26)16-10-29-32-22(16)23(21(20)27)30-13-3-1-12(28)2-4-13;3*3-2(4,5)1(6)7/h5-8,10,12-13,15,17,30H,1-4,9,28H2,(H,29,32)(H,31,33,35);3*(H,6,7)/t12?,13?,15-,17+;;;/m1.../s1. The highest BCUT2D eigenvalue weighted by Gasteiger charge is 2.44. The van der Waals surface area contributed by atoms with Gasteiger partial charge in [0.25, 0.3) is 0 Å². The van der Waals surface area contributed by atoms with E-state index in [2.05, 4.69) is 25.9 Å². The number of aliphatic carboxylic acids is 3. The molecule has 308 valence electrons. The summed E-state index contributed by atoms with van der Waals surface area (Å²) in [5.74, 6) is -9.48. The van der Waals surface area contributed by atoms with Crippen molar-refractivity contribution in [3.8, 4) is 11.1 Å². The molecule has 14 nitrogen and oxygen atoms in total. The first-order valence-electron chi connectivity index (χ1n) is 15.4. The number of nitrogens with zero attached hydrogens (tertiary/aromatic N) is 3. The predicted octanol–water partition coefficient (Wildman–Crippen LogP) is 6.55. The van der Waals surface area contributed by atoms with Crippen LogP contribution in [0.1, 0.15) is 32.1 Å². The fourth-order valence-corrected chi connectivity index (χ4v) is 5.17. The Morgan fingerprint density at radius 1 is 0.893 bits per heavy atom. The number of pyridine rings is 1. The van der Waals surface area contributed by atoms with Crippen molar-refractivity contribution in [2.45, 2.75) is 68.9 Å². The number of nitrogens with one attached hydrogen (secondary N) is 3. The largest absolute Gasteiger partial charge is 0.490 e. The van der Waals surface area contributed by atoms with Gasteiger partial charge in [-0.3, -0.25) is 9.89 Å². The number of H-pyrrole nitrogens is 1. The fourth-order valence-electron chi connectivity index (χ4n) is 4.86. The predicted molar refractivity (Wildman–Crippen MR) is 172 cm³/mol. The maximum Gasteiger partial charge on any atom is 0.490 e. The van der Waals surface area contributed by atoms with Crippen LogP contribution in [-0.2, 0) is 19.2 Å². The molecule has 0 bridgehead atoms. The van der Waals surface area contributed by atoms with Crippen molar-refractivity contribution in [3.05, 3.63) is 41.4 Å². The minimum atomic E-state index is -5.08. The lowest BCUT2D eigenvalue weighted by Crippen LogP contribution is -2.33. The lowest BCUT2D eigenvalue weighted by Gasteiger charge is -2.28. The number of amides is 1. The van der Waals surface area contributed by atoms with Crippen LogP contribution < -0.4 is 16.4 Å². The van der Waals surface area contributed by atoms with Gasteiger partial charge in [0, 0.05) is 35.3 Å². The van der Waals surface area contributed by atoms with E-state index in [4.69, 9.17) is 47.0 Å². The van der Waals surface area contributed by atoms with Crippen LogP contribution in [0.2, 0.25) is 5.02 Å². The van der Waals surface area contributed by atoms with Gasteiger partial charge < -0.3 is 31.7 Å². The number of aromatic nitrogens is 4. The lowest BCUT2D eigenvalue weighted by atomic mass is 9.91. The molecule has 2 fully saturated rings. The van der Waals surface area contributed by atoms with Crippen LogP contribution >= 0.6 is 11.6 Å². The number of fused-ring (bicyclic) bond motifs is 2. The van der Waals surface area contributed by atoms with E-state index in [1.165, 1.54) is 0 Å². The first-order chi connectivity index (χ1) is 25.7. The zero-order chi connectivity index (χ0) is 42.5. The molecular formula is C30H27ClF11N7O7. The van der Waals surface area contributed by atoms with Gasteiger partial charge in [0.05, 0.1) is 33.9 Å². The van der Waals surface area contributed by atoms with E-state index >= 15 is 4.39 Å². The van der Waals surface area contributed by atoms with Gasteiger partial charge in [-0.15, -0.1) is 0 Å². The minimum Gasteiger partial charge on any atom is -0.475 e. The molecule has 6 rings (SSSR count). The maximum absolute atomic E-state index is 15.6. The van der Waals surface area contributed by atoms with Gasteiger partial charge in [-0.05, 0) is 49.8 Å². The molecular weight excluding hydrogens is 815 g/mol. The van der Waals surface area contributed by atoms with Gasteiger partial charge in [0.2, 0.25) is 5.91 Å². The summed E-state index contributed by atoms with van der Waals surface area (Å²) in [6.07, 6.45) is -9.26. The SMILES string of the molecule is NC1CCC(Nc2c(F)c(Cl)c(-c3ccn4nc(NC(=O)[C@@H]5C[C@@H]5F)cc4c3)c3cn[nH]c23)CC1.O=C(O)C(F)(F)F.O=C(O)C(F)(F)F.O=C(O)C(F)(F)F. The average molecular weight is 842 g/mol. The molecule has 0 unspecified atom stereocenters. The Labute approximate surface area is 309 Å². The molecule has 3 heterocycles. The second-order valence-corrected chi connectivity index (χ2v) is 12.2. The normalized spacial score (nSPS) is 19.3. The van der Waals surface area contributed by atoms with E-state index in [1.54, 1.807) is 35.1 Å². The number of carboxylic acid groups (broad SMARTS) is 3. The van der Waals surface area contributed by atoms with Gasteiger partial charge in [0.15, 0.2) is 11.6 Å². The summed E-state index contributed by atoms with van der Waals surface area (Å²) in [5, 5.41) is 39.4. The molecule has 26 heteroatoms. The van der Waals surface area contributed by atoms with Gasteiger partial charge in [-0.2, -0.15) is 49.7 Å². The molecule has 2 aliphatic carbocycles. The number of carbonyl (C=O) groups excluding carboxylic acids is 1. The number of halogens is 12. The van der Waals surface area contributed by atoms with Crippen LogP contribution in [0.5, 0.6) is 0 Å². The van der Waals surface area contributed by atoms with Gasteiger partial charge in [-0.25, -0.2) is 27.7 Å². The average Bonchev–Trinajstić information content (AvgIpc) is 3.42. The second kappa shape index (κ2) is 17.6. The zero-order valence-electron chi connectivity index (χ0n) is 27.7. The molecule has 0 aliphatic heterocycles. The minimum absolute atomic E-state index is 0.00553. The molecule has 1 amide bonds. The van der Waals surface area contributed by atoms with Crippen molar-refractivity contribution in [2.75, 3.05) is 10.6 Å². The van der Waals surface area contributed by atoms with Crippen LogP contribution in [0.25, 0.3) is 27.5 Å². The van der Waals surface area contributed by atoms with Crippen molar-refractivity contribution in [1.82, 2.24) is 19.8 Å². The van der Waals surface area contributed by atoms with E-state index in [1.807, 2.05) is 0 Å². The summed E-state index contributed by atoms with van der Waals surface area (Å²) >= 11 is 6.60. The number of benzene rings is 1. The third kappa shape index (κ3) is 12.0. The molecule has 1 aromatic carbocycles. The highest BCUT2D eigenvalue weighted by atomic mass is 35.5. The fraction of sp³-hybridized carbons (Fsp3) is 0.400. The summed E-state index contributed by atoms with van der Waals surface area (Å²) in [6, 6.07) is 5.56. The maximum atomic E-state index is 15.6. The quantitative estimate of drug-likeness (QED) is 0.107. The molecule has 0 spiro atoms.